The second-order valence-corrected chi connectivity index (χ2v) is 7.70. The third-order valence-corrected chi connectivity index (χ3v) is 5.94. The number of hydrogen-bond donors (Lipinski definition) is 1. The van der Waals surface area contributed by atoms with Gasteiger partial charge in [0.25, 0.3) is 0 Å². The second kappa shape index (κ2) is 6.42. The summed E-state index contributed by atoms with van der Waals surface area (Å²) in [4.78, 5) is 19.7. The van der Waals surface area contributed by atoms with Crippen molar-refractivity contribution < 1.29 is 13.9 Å². The third kappa shape index (κ3) is 2.94. The Morgan fingerprint density at radius 3 is 2.96 bits per heavy atom. The van der Waals surface area contributed by atoms with Crippen LogP contribution < -0.4 is 10.2 Å². The first kappa shape index (κ1) is 16.0. The van der Waals surface area contributed by atoms with Crippen LogP contribution >= 0.6 is 27.3 Å². The molecule has 1 atom stereocenters. The van der Waals surface area contributed by atoms with Crippen molar-refractivity contribution >= 4 is 44.1 Å². The average Bonchev–Trinajstić information content (AvgIpc) is 3.01. The van der Waals surface area contributed by atoms with Crippen molar-refractivity contribution in [2.45, 2.75) is 12.3 Å². The molecule has 0 radical (unpaired) electrons. The van der Waals surface area contributed by atoms with Crippen molar-refractivity contribution in [2.24, 2.45) is 0 Å². The highest BCUT2D eigenvalue weighted by molar-refractivity contribution is 9.10. The van der Waals surface area contributed by atoms with Crippen LogP contribution in [0.25, 0.3) is 0 Å². The molecule has 1 fully saturated rings. The normalized spacial score (nSPS) is 20.7. The molecular formula is C16H15BrFN3O2S. The maximum atomic E-state index is 14.3. The molecule has 0 unspecified atom stereocenters. The summed E-state index contributed by atoms with van der Waals surface area (Å²) in [7, 11) is 0. The van der Waals surface area contributed by atoms with Gasteiger partial charge in [0.05, 0.1) is 18.1 Å². The fourth-order valence-corrected chi connectivity index (χ4v) is 4.60. The zero-order valence-corrected chi connectivity index (χ0v) is 15.1. The van der Waals surface area contributed by atoms with Crippen molar-refractivity contribution in [3.05, 3.63) is 38.9 Å². The summed E-state index contributed by atoms with van der Waals surface area (Å²) >= 11 is 4.91. The van der Waals surface area contributed by atoms with E-state index in [0.29, 0.717) is 24.6 Å². The fourth-order valence-electron chi connectivity index (χ4n) is 3.03. The number of carbonyl (C=O) groups excluding carboxylic acids is 1. The van der Waals surface area contributed by atoms with E-state index in [2.05, 4.69) is 31.1 Å². The van der Waals surface area contributed by atoms with E-state index >= 15 is 0 Å². The van der Waals surface area contributed by atoms with Crippen LogP contribution in [0.4, 0.5) is 15.3 Å². The number of nitrogens with zero attached hydrogens (tertiary/aromatic N) is 2. The van der Waals surface area contributed by atoms with Gasteiger partial charge in [-0.3, -0.25) is 4.79 Å². The smallest absolute Gasteiger partial charge is 0.226 e. The molecule has 4 rings (SSSR count). The maximum absolute atomic E-state index is 14.3. The van der Waals surface area contributed by atoms with E-state index < -0.39 is 0 Å². The number of morpholine rings is 1. The zero-order chi connectivity index (χ0) is 16.7. The molecule has 1 aromatic heterocycles. The Morgan fingerprint density at radius 2 is 2.17 bits per heavy atom. The number of rotatable bonds is 2. The summed E-state index contributed by atoms with van der Waals surface area (Å²) in [5.74, 6) is -0.184. The summed E-state index contributed by atoms with van der Waals surface area (Å²) in [6, 6.07) is 4.83. The highest BCUT2D eigenvalue weighted by Crippen LogP contribution is 2.44. The number of ether oxygens (including phenoxy) is 1. The Morgan fingerprint density at radius 1 is 1.38 bits per heavy atom. The number of benzene rings is 1. The van der Waals surface area contributed by atoms with Gasteiger partial charge in [0, 0.05) is 29.9 Å². The molecular weight excluding hydrogens is 397 g/mol. The van der Waals surface area contributed by atoms with Crippen molar-refractivity contribution in [3.8, 4) is 0 Å². The molecule has 8 heteroatoms. The number of aromatic nitrogens is 1. The van der Waals surface area contributed by atoms with E-state index in [-0.39, 0.29) is 24.1 Å². The van der Waals surface area contributed by atoms with Crippen molar-refractivity contribution in [1.29, 1.82) is 0 Å². The van der Waals surface area contributed by atoms with Crippen LogP contribution in [-0.4, -0.2) is 37.2 Å². The van der Waals surface area contributed by atoms with Gasteiger partial charge in [-0.1, -0.05) is 27.3 Å². The standard InChI is InChI=1S/C16H15BrFN3O2S/c17-9-1-2-12(18)10(7-9)11-8-13(22)19-15-14(11)24-16(20-15)21-3-5-23-6-4-21/h1-2,7,11H,3-6,8H2,(H,19,22)/t11-/m0/s1. The van der Waals surface area contributed by atoms with Crippen LogP contribution in [0.15, 0.2) is 22.7 Å². The van der Waals surface area contributed by atoms with E-state index in [1.807, 2.05) is 0 Å². The SMILES string of the molecule is O=C1C[C@@H](c2cc(Br)ccc2F)c2sc(N3CCOCC3)nc2N1. The van der Waals surface area contributed by atoms with Crippen molar-refractivity contribution in [3.63, 3.8) is 0 Å². The lowest BCUT2D eigenvalue weighted by Gasteiger charge is -2.26. The lowest BCUT2D eigenvalue weighted by atomic mass is 9.91. The van der Waals surface area contributed by atoms with Gasteiger partial charge >= 0.3 is 0 Å². The van der Waals surface area contributed by atoms with Gasteiger partial charge in [0.1, 0.15) is 11.6 Å². The third-order valence-electron chi connectivity index (χ3n) is 4.22. The van der Waals surface area contributed by atoms with Gasteiger partial charge in [-0.05, 0) is 23.8 Å². The van der Waals surface area contributed by atoms with Gasteiger partial charge in [-0.15, -0.1) is 0 Å². The number of amides is 1. The van der Waals surface area contributed by atoms with E-state index in [1.54, 1.807) is 12.1 Å². The minimum absolute atomic E-state index is 0.134. The molecule has 2 aliphatic heterocycles. The summed E-state index contributed by atoms with van der Waals surface area (Å²) in [6.45, 7) is 2.88. The lowest BCUT2D eigenvalue weighted by Crippen LogP contribution is -2.36. The van der Waals surface area contributed by atoms with E-state index in [4.69, 9.17) is 4.74 Å². The van der Waals surface area contributed by atoms with E-state index in [9.17, 15) is 9.18 Å². The predicted molar refractivity (Wildman–Crippen MR) is 94.3 cm³/mol. The Hall–Kier alpha value is -1.51. The Balaban J connectivity index is 1.74. The van der Waals surface area contributed by atoms with Crippen molar-refractivity contribution in [2.75, 3.05) is 36.5 Å². The molecule has 1 N–H and O–H groups in total. The predicted octanol–water partition coefficient (Wildman–Crippen LogP) is 3.36. The van der Waals surface area contributed by atoms with Gasteiger partial charge < -0.3 is 15.0 Å². The molecule has 5 nitrogen and oxygen atoms in total. The number of halogens is 2. The molecule has 24 heavy (non-hydrogen) atoms. The van der Waals surface area contributed by atoms with E-state index in [0.717, 1.165) is 27.6 Å². The van der Waals surface area contributed by atoms with Gasteiger partial charge in [0.15, 0.2) is 5.13 Å². The molecule has 0 saturated carbocycles. The maximum Gasteiger partial charge on any atom is 0.226 e. The number of anilines is 2. The van der Waals surface area contributed by atoms with Crippen LogP contribution in [0, 0.1) is 5.82 Å². The molecule has 2 aliphatic rings. The molecule has 0 spiro atoms. The molecule has 1 aromatic carbocycles. The number of thiazole rings is 1. The van der Waals surface area contributed by atoms with Crippen molar-refractivity contribution in [1.82, 2.24) is 4.98 Å². The van der Waals surface area contributed by atoms with Crippen LogP contribution in [-0.2, 0) is 9.53 Å². The summed E-state index contributed by atoms with van der Waals surface area (Å²) < 4.78 is 20.5. The molecule has 2 aromatic rings. The molecule has 0 bridgehead atoms. The van der Waals surface area contributed by atoms with E-state index in [1.165, 1.54) is 17.4 Å². The first-order valence-electron chi connectivity index (χ1n) is 7.70. The van der Waals surface area contributed by atoms with Crippen LogP contribution in [0.1, 0.15) is 22.8 Å². The minimum atomic E-state index is -0.307. The molecule has 0 aliphatic carbocycles. The topological polar surface area (TPSA) is 54.5 Å². The Kier molecular flexibility index (Phi) is 4.28. The zero-order valence-electron chi connectivity index (χ0n) is 12.7. The largest absolute Gasteiger partial charge is 0.378 e. The monoisotopic (exact) mass is 411 g/mol. The highest BCUT2D eigenvalue weighted by Gasteiger charge is 2.33. The average molecular weight is 412 g/mol. The quantitative estimate of drug-likeness (QED) is 0.822. The molecule has 1 amide bonds. The number of nitrogens with one attached hydrogen (secondary N) is 1. The summed E-state index contributed by atoms with van der Waals surface area (Å²) in [6.07, 6.45) is 0.227. The summed E-state index contributed by atoms with van der Waals surface area (Å²) in [5.41, 5.74) is 0.526. The molecule has 1 saturated heterocycles. The number of carbonyl (C=O) groups is 1. The van der Waals surface area contributed by atoms with Crippen LogP contribution in [0.3, 0.4) is 0 Å². The number of fused-ring (bicyclic) bond motifs is 1. The van der Waals surface area contributed by atoms with Gasteiger partial charge in [0.2, 0.25) is 5.91 Å². The fraction of sp³-hybridized carbons (Fsp3) is 0.375. The first-order valence-corrected chi connectivity index (χ1v) is 9.31. The van der Waals surface area contributed by atoms with Crippen LogP contribution in [0.5, 0.6) is 0 Å². The summed E-state index contributed by atoms with van der Waals surface area (Å²) in [5, 5.41) is 3.67. The Bertz CT molecular complexity index is 792. The minimum Gasteiger partial charge on any atom is -0.378 e. The Labute approximate surface area is 151 Å². The second-order valence-electron chi connectivity index (χ2n) is 5.78. The van der Waals surface area contributed by atoms with Gasteiger partial charge in [-0.25, -0.2) is 9.37 Å². The molecule has 126 valence electrons. The first-order chi connectivity index (χ1) is 11.6. The van der Waals surface area contributed by atoms with Gasteiger partial charge in [-0.2, -0.15) is 0 Å². The highest BCUT2D eigenvalue weighted by atomic mass is 79.9. The molecule has 3 heterocycles. The lowest BCUT2D eigenvalue weighted by molar-refractivity contribution is -0.116. The van der Waals surface area contributed by atoms with Crippen LogP contribution in [0.2, 0.25) is 0 Å². The number of hydrogen-bond acceptors (Lipinski definition) is 5.